The highest BCUT2D eigenvalue weighted by Gasteiger charge is 2.29. The molecule has 33 heavy (non-hydrogen) atoms. The van der Waals surface area contributed by atoms with E-state index >= 15 is 0 Å². The molecule has 0 aliphatic heterocycles. The molecule has 1 aliphatic carbocycles. The minimum absolute atomic E-state index is 0.0453. The molecule has 7 heteroatoms. The van der Waals surface area contributed by atoms with Crippen molar-refractivity contribution in [3.63, 3.8) is 0 Å². The summed E-state index contributed by atoms with van der Waals surface area (Å²) in [5, 5.41) is 11.5. The first-order chi connectivity index (χ1) is 15.9. The molecule has 0 spiro atoms. The Labute approximate surface area is 193 Å². The normalized spacial score (nSPS) is 18.3. The smallest absolute Gasteiger partial charge is 0.274 e. The van der Waals surface area contributed by atoms with Crippen molar-refractivity contribution >= 4 is 22.6 Å². The topological polar surface area (TPSA) is 93.1 Å². The summed E-state index contributed by atoms with van der Waals surface area (Å²) < 4.78 is 1.35. The molecule has 0 saturated heterocycles. The van der Waals surface area contributed by atoms with E-state index in [4.69, 9.17) is 0 Å². The molecule has 1 aromatic heterocycles. The highest BCUT2D eigenvalue weighted by molar-refractivity contribution is 6.04. The maximum atomic E-state index is 13.3. The van der Waals surface area contributed by atoms with Crippen molar-refractivity contribution in [3.8, 4) is 0 Å². The summed E-state index contributed by atoms with van der Waals surface area (Å²) in [6.07, 6.45) is 3.13. The Morgan fingerprint density at radius 3 is 2.45 bits per heavy atom. The molecule has 4 rings (SSSR count). The Morgan fingerprint density at radius 2 is 1.73 bits per heavy atom. The number of amides is 2. The quantitative estimate of drug-likeness (QED) is 0.608. The lowest BCUT2D eigenvalue weighted by atomic mass is 9.85. The Hall–Kier alpha value is -3.48. The number of nitrogens with zero attached hydrogens (tertiary/aromatic N) is 2. The van der Waals surface area contributed by atoms with Gasteiger partial charge in [0.1, 0.15) is 0 Å². The van der Waals surface area contributed by atoms with Crippen molar-refractivity contribution in [3.05, 3.63) is 76.2 Å². The second kappa shape index (κ2) is 9.98. The zero-order valence-corrected chi connectivity index (χ0v) is 19.1. The number of aromatic nitrogens is 2. The van der Waals surface area contributed by atoms with Gasteiger partial charge in [-0.15, -0.1) is 0 Å². The van der Waals surface area contributed by atoms with Crippen molar-refractivity contribution in [2.45, 2.75) is 58.2 Å². The average Bonchev–Trinajstić information content (AvgIpc) is 2.81. The van der Waals surface area contributed by atoms with E-state index < -0.39 is 0 Å². The highest BCUT2D eigenvalue weighted by atomic mass is 16.2. The van der Waals surface area contributed by atoms with E-state index in [2.05, 4.69) is 15.7 Å². The third-order valence-corrected chi connectivity index (χ3v) is 6.07. The van der Waals surface area contributed by atoms with Crippen molar-refractivity contribution in [1.82, 2.24) is 20.4 Å². The molecule has 0 radical (unpaired) electrons. The van der Waals surface area contributed by atoms with Crippen LogP contribution in [0, 0.1) is 5.92 Å². The van der Waals surface area contributed by atoms with E-state index in [-0.39, 0.29) is 47.6 Å². The minimum Gasteiger partial charge on any atom is -0.354 e. The van der Waals surface area contributed by atoms with Gasteiger partial charge in [-0.3, -0.25) is 14.4 Å². The molecule has 2 atom stereocenters. The van der Waals surface area contributed by atoms with E-state index in [0.717, 1.165) is 24.8 Å². The number of hydrogen-bond acceptors (Lipinski definition) is 4. The largest absolute Gasteiger partial charge is 0.354 e. The molecule has 2 amide bonds. The van der Waals surface area contributed by atoms with Crippen molar-refractivity contribution in [1.29, 1.82) is 0 Å². The first kappa shape index (κ1) is 22.7. The third kappa shape index (κ3) is 5.30. The third-order valence-electron chi connectivity index (χ3n) is 6.07. The van der Waals surface area contributed by atoms with Crippen LogP contribution in [0.2, 0.25) is 0 Å². The van der Waals surface area contributed by atoms with Gasteiger partial charge in [0, 0.05) is 23.4 Å². The first-order valence-electron chi connectivity index (χ1n) is 11.6. The van der Waals surface area contributed by atoms with Gasteiger partial charge >= 0.3 is 0 Å². The van der Waals surface area contributed by atoms with Gasteiger partial charge in [-0.2, -0.15) is 5.10 Å². The highest BCUT2D eigenvalue weighted by Crippen LogP contribution is 2.25. The summed E-state index contributed by atoms with van der Waals surface area (Å²) in [4.78, 5) is 38.8. The van der Waals surface area contributed by atoms with Gasteiger partial charge in [-0.1, -0.05) is 55.0 Å². The molecule has 2 unspecified atom stereocenters. The van der Waals surface area contributed by atoms with Gasteiger partial charge in [0.15, 0.2) is 5.69 Å². The van der Waals surface area contributed by atoms with Crippen LogP contribution >= 0.6 is 0 Å². The summed E-state index contributed by atoms with van der Waals surface area (Å²) in [5.41, 5.74) is 0.934. The summed E-state index contributed by atoms with van der Waals surface area (Å²) in [6, 6.07) is 16.6. The second-order valence-corrected chi connectivity index (χ2v) is 9.04. The van der Waals surface area contributed by atoms with E-state index in [1.54, 1.807) is 24.3 Å². The number of carbonyl (C=O) groups is 2. The summed E-state index contributed by atoms with van der Waals surface area (Å²) in [6.45, 7) is 4.17. The van der Waals surface area contributed by atoms with Crippen LogP contribution in [-0.2, 0) is 11.3 Å². The van der Waals surface area contributed by atoms with Crippen LogP contribution in [0.5, 0.6) is 0 Å². The van der Waals surface area contributed by atoms with Crippen LogP contribution in [0.4, 0.5) is 0 Å². The number of fused-ring (bicyclic) bond motifs is 1. The van der Waals surface area contributed by atoms with Crippen LogP contribution in [0.15, 0.2) is 59.4 Å². The van der Waals surface area contributed by atoms with Gasteiger partial charge in [-0.05, 0) is 44.7 Å². The summed E-state index contributed by atoms with van der Waals surface area (Å²) in [7, 11) is 0. The number of hydrogen-bond donors (Lipinski definition) is 2. The molecule has 3 aromatic rings. The van der Waals surface area contributed by atoms with E-state index in [1.807, 2.05) is 44.2 Å². The molecule has 172 valence electrons. The predicted octanol–water partition coefficient (Wildman–Crippen LogP) is 3.26. The fourth-order valence-electron chi connectivity index (χ4n) is 4.48. The standard InChI is InChI=1S/C26H30N4O3/c1-17(2)27-24(31)19-11-8-12-20(15-19)28-25(32)23-21-13-6-7-14-22(21)26(33)30(29-23)16-18-9-4-3-5-10-18/h3-7,9-10,13-14,17,19-20H,8,11-12,15-16H2,1-2H3,(H,27,31)(H,28,32). The fourth-order valence-corrected chi connectivity index (χ4v) is 4.48. The second-order valence-electron chi connectivity index (χ2n) is 9.04. The number of nitrogens with one attached hydrogen (secondary N) is 2. The van der Waals surface area contributed by atoms with Gasteiger partial charge in [0.2, 0.25) is 5.91 Å². The average molecular weight is 447 g/mol. The van der Waals surface area contributed by atoms with Crippen molar-refractivity contribution < 1.29 is 9.59 Å². The Kier molecular flexibility index (Phi) is 6.87. The predicted molar refractivity (Wildman–Crippen MR) is 128 cm³/mol. The van der Waals surface area contributed by atoms with Crippen molar-refractivity contribution in [2.75, 3.05) is 0 Å². The molecule has 0 bridgehead atoms. The van der Waals surface area contributed by atoms with E-state index in [0.29, 0.717) is 17.2 Å². The van der Waals surface area contributed by atoms with Crippen LogP contribution in [-0.4, -0.2) is 33.7 Å². The van der Waals surface area contributed by atoms with Gasteiger partial charge in [0.25, 0.3) is 11.5 Å². The first-order valence-corrected chi connectivity index (χ1v) is 11.6. The zero-order valence-electron chi connectivity index (χ0n) is 19.1. The van der Waals surface area contributed by atoms with Crippen LogP contribution in [0.3, 0.4) is 0 Å². The number of benzene rings is 2. The lowest BCUT2D eigenvalue weighted by Gasteiger charge is -2.29. The van der Waals surface area contributed by atoms with Gasteiger partial charge in [-0.25, -0.2) is 4.68 Å². The lowest BCUT2D eigenvalue weighted by molar-refractivity contribution is -0.126. The maximum absolute atomic E-state index is 13.3. The van der Waals surface area contributed by atoms with Crippen LogP contribution in [0.25, 0.3) is 10.8 Å². The number of carbonyl (C=O) groups excluding carboxylic acids is 2. The maximum Gasteiger partial charge on any atom is 0.274 e. The van der Waals surface area contributed by atoms with Crippen LogP contribution < -0.4 is 16.2 Å². The van der Waals surface area contributed by atoms with Gasteiger partial charge in [0.05, 0.1) is 11.9 Å². The molecule has 1 saturated carbocycles. The number of rotatable bonds is 6. The zero-order chi connectivity index (χ0) is 23.4. The summed E-state index contributed by atoms with van der Waals surface area (Å²) in [5.74, 6) is -0.380. The van der Waals surface area contributed by atoms with E-state index in [9.17, 15) is 14.4 Å². The molecule has 2 aromatic carbocycles. The Balaban J connectivity index is 1.59. The molecule has 1 fully saturated rings. The summed E-state index contributed by atoms with van der Waals surface area (Å²) >= 11 is 0. The lowest BCUT2D eigenvalue weighted by Crippen LogP contribution is -2.44. The fraction of sp³-hybridized carbons (Fsp3) is 0.385. The Bertz CT molecular complexity index is 1200. The van der Waals surface area contributed by atoms with E-state index in [1.165, 1.54) is 4.68 Å². The van der Waals surface area contributed by atoms with Crippen LogP contribution in [0.1, 0.15) is 55.6 Å². The molecule has 1 aliphatic rings. The molecule has 1 heterocycles. The molecular formula is C26H30N4O3. The van der Waals surface area contributed by atoms with Gasteiger partial charge < -0.3 is 10.6 Å². The minimum atomic E-state index is -0.317. The molecular weight excluding hydrogens is 416 g/mol. The van der Waals surface area contributed by atoms with Crippen molar-refractivity contribution in [2.24, 2.45) is 5.92 Å². The monoisotopic (exact) mass is 446 g/mol. The molecule has 2 N–H and O–H groups in total. The SMILES string of the molecule is CC(C)NC(=O)C1CCCC(NC(=O)c2nn(Cc3ccccc3)c(=O)c3ccccc23)C1. The Morgan fingerprint density at radius 1 is 1.03 bits per heavy atom. The molecule has 7 nitrogen and oxygen atoms in total.